The maximum absolute atomic E-state index is 12.5. The van der Waals surface area contributed by atoms with Crippen LogP contribution in [-0.2, 0) is 11.3 Å². The number of nitrogens with zero attached hydrogens (tertiary/aromatic N) is 1. The van der Waals surface area contributed by atoms with E-state index in [2.05, 4.69) is 10.3 Å². The Morgan fingerprint density at radius 2 is 1.70 bits per heavy atom. The first-order valence-corrected chi connectivity index (χ1v) is 12.3. The van der Waals surface area contributed by atoms with Crippen LogP contribution in [0.2, 0.25) is 5.02 Å². The molecule has 0 radical (unpaired) electrons. The first kappa shape index (κ1) is 26.4. The van der Waals surface area contributed by atoms with Gasteiger partial charge in [-0.15, -0.1) is 0 Å². The number of fused-ring (bicyclic) bond motifs is 1. The van der Waals surface area contributed by atoms with Crippen LogP contribution in [0.4, 0.5) is 0 Å². The summed E-state index contributed by atoms with van der Waals surface area (Å²) in [5, 5.41) is 25.5. The van der Waals surface area contributed by atoms with Gasteiger partial charge in [0, 0.05) is 33.6 Å². The predicted molar refractivity (Wildman–Crippen MR) is 145 cm³/mol. The highest BCUT2D eigenvalue weighted by Crippen LogP contribution is 2.36. The average molecular weight is 520 g/mol. The number of hydrogen-bond donors (Lipinski definition) is 4. The number of aliphatic hydroxyl groups excluding tert-OH is 1. The van der Waals surface area contributed by atoms with Gasteiger partial charge in [-0.1, -0.05) is 72.3 Å². The van der Waals surface area contributed by atoms with E-state index in [1.165, 1.54) is 4.90 Å². The number of carbonyl (C=O) groups excluding carboxylic acids is 1. The van der Waals surface area contributed by atoms with Crippen LogP contribution in [0.15, 0.2) is 72.8 Å². The largest absolute Gasteiger partial charge is 0.477 e. The Labute approximate surface area is 220 Å². The van der Waals surface area contributed by atoms with E-state index in [1.54, 1.807) is 18.2 Å². The van der Waals surface area contributed by atoms with E-state index < -0.39 is 23.8 Å². The summed E-state index contributed by atoms with van der Waals surface area (Å²) in [5.74, 6) is -1.20. The number of nitrogens with one attached hydrogen (secondary N) is 2. The van der Waals surface area contributed by atoms with Crippen LogP contribution in [0, 0.1) is 0 Å². The number of benzene rings is 3. The first-order valence-electron chi connectivity index (χ1n) is 11.9. The van der Waals surface area contributed by atoms with Gasteiger partial charge in [-0.05, 0) is 49.6 Å². The van der Waals surface area contributed by atoms with Crippen molar-refractivity contribution in [3.05, 3.63) is 94.6 Å². The molecule has 4 rings (SSSR count). The van der Waals surface area contributed by atoms with Crippen LogP contribution in [0.1, 0.15) is 48.4 Å². The number of aromatic carboxylic acids is 1. The fraction of sp³-hybridized carbons (Fsp3) is 0.241. The molecule has 0 bridgehead atoms. The summed E-state index contributed by atoms with van der Waals surface area (Å²) in [4.78, 5) is 29.1. The second kappa shape index (κ2) is 10.8. The molecule has 4 aromatic rings. The highest BCUT2D eigenvalue weighted by Gasteiger charge is 2.35. The molecular weight excluding hydrogens is 490 g/mol. The Bertz CT molecular complexity index is 1390. The van der Waals surface area contributed by atoms with Gasteiger partial charge in [0.25, 0.3) is 0 Å². The lowest BCUT2D eigenvalue weighted by molar-refractivity contribution is -0.124. The minimum absolute atomic E-state index is 0.108. The predicted octanol–water partition coefficient (Wildman–Crippen LogP) is 5.59. The van der Waals surface area contributed by atoms with E-state index >= 15 is 0 Å². The third-order valence-electron chi connectivity index (χ3n) is 6.11. The van der Waals surface area contributed by atoms with Gasteiger partial charge in [0.15, 0.2) is 0 Å². The molecule has 0 aliphatic heterocycles. The zero-order chi connectivity index (χ0) is 26.7. The van der Waals surface area contributed by atoms with E-state index in [0.29, 0.717) is 27.9 Å². The van der Waals surface area contributed by atoms with E-state index in [0.717, 1.165) is 16.7 Å². The Hall–Kier alpha value is -3.65. The molecule has 2 unspecified atom stereocenters. The molecule has 3 aromatic carbocycles. The SMILES string of the molecule is CC(C)(C)NC(O)C(c1c(C(=O)O)[nH]c2cc(Cl)ccc12)N(C=O)Cc1ccc(-c2ccccc2)cc1. The highest BCUT2D eigenvalue weighted by molar-refractivity contribution is 6.31. The second-order valence-corrected chi connectivity index (χ2v) is 10.5. The third-order valence-corrected chi connectivity index (χ3v) is 6.34. The van der Waals surface area contributed by atoms with Gasteiger partial charge in [0.1, 0.15) is 11.9 Å². The fourth-order valence-corrected chi connectivity index (χ4v) is 4.71. The van der Waals surface area contributed by atoms with Crippen molar-refractivity contribution in [2.24, 2.45) is 0 Å². The van der Waals surface area contributed by atoms with E-state index in [1.807, 2.05) is 75.4 Å². The molecule has 1 amide bonds. The lowest BCUT2D eigenvalue weighted by Gasteiger charge is -2.36. The van der Waals surface area contributed by atoms with Crippen LogP contribution in [-0.4, -0.2) is 44.2 Å². The van der Waals surface area contributed by atoms with Crippen molar-refractivity contribution in [1.29, 1.82) is 0 Å². The lowest BCUT2D eigenvalue weighted by atomic mass is 9.97. The van der Waals surface area contributed by atoms with Gasteiger partial charge < -0.3 is 20.1 Å². The molecule has 0 saturated carbocycles. The molecule has 1 aromatic heterocycles. The number of aliphatic hydroxyl groups is 1. The summed E-state index contributed by atoms with van der Waals surface area (Å²) in [6, 6.07) is 21.7. The average Bonchev–Trinajstić information content (AvgIpc) is 3.22. The summed E-state index contributed by atoms with van der Waals surface area (Å²) in [6.45, 7) is 5.81. The smallest absolute Gasteiger partial charge is 0.352 e. The second-order valence-electron chi connectivity index (χ2n) is 10.0. The standard InChI is InChI=1S/C29H30ClN3O4/c1-29(2,3)32-27(35)26(24-22-14-13-21(30)15-23(22)31-25(24)28(36)37)33(17-34)16-18-9-11-20(12-10-18)19-7-5-4-6-8-19/h4-15,17,26-27,31-32,35H,16H2,1-3H3,(H,36,37). The van der Waals surface area contributed by atoms with Crippen molar-refractivity contribution in [3.8, 4) is 11.1 Å². The molecule has 2 atom stereocenters. The van der Waals surface area contributed by atoms with Gasteiger partial charge in [0.05, 0.1) is 6.04 Å². The molecule has 4 N–H and O–H groups in total. The Balaban J connectivity index is 1.77. The van der Waals surface area contributed by atoms with Gasteiger partial charge in [-0.3, -0.25) is 10.1 Å². The molecule has 8 heteroatoms. The molecular formula is C29H30ClN3O4. The van der Waals surface area contributed by atoms with Crippen molar-refractivity contribution in [1.82, 2.24) is 15.2 Å². The van der Waals surface area contributed by atoms with Crippen molar-refractivity contribution in [3.63, 3.8) is 0 Å². The maximum atomic E-state index is 12.5. The maximum Gasteiger partial charge on any atom is 0.352 e. The van der Waals surface area contributed by atoms with E-state index in [4.69, 9.17) is 11.6 Å². The molecule has 0 aliphatic carbocycles. The summed E-state index contributed by atoms with van der Waals surface area (Å²) < 4.78 is 0. The van der Waals surface area contributed by atoms with Crippen molar-refractivity contribution < 1.29 is 19.8 Å². The zero-order valence-electron chi connectivity index (χ0n) is 20.9. The molecule has 37 heavy (non-hydrogen) atoms. The molecule has 0 spiro atoms. The van der Waals surface area contributed by atoms with Gasteiger partial charge in [0.2, 0.25) is 6.41 Å². The fourth-order valence-electron chi connectivity index (χ4n) is 4.54. The van der Waals surface area contributed by atoms with Crippen LogP contribution in [0.3, 0.4) is 0 Å². The summed E-state index contributed by atoms with van der Waals surface area (Å²) in [5.41, 5.74) is 3.13. The van der Waals surface area contributed by atoms with Crippen molar-refractivity contribution in [2.75, 3.05) is 0 Å². The summed E-state index contributed by atoms with van der Waals surface area (Å²) in [6.07, 6.45) is -0.620. The number of aromatic nitrogens is 1. The Kier molecular flexibility index (Phi) is 7.68. The number of carboxylic acid groups (broad SMARTS) is 1. The minimum atomic E-state index is -1.26. The van der Waals surface area contributed by atoms with Crippen molar-refractivity contribution in [2.45, 2.75) is 45.1 Å². The molecule has 0 aliphatic rings. The monoisotopic (exact) mass is 519 g/mol. The molecule has 192 valence electrons. The molecule has 0 saturated heterocycles. The Morgan fingerprint density at radius 1 is 1.05 bits per heavy atom. The first-order chi connectivity index (χ1) is 17.6. The van der Waals surface area contributed by atoms with Crippen LogP contribution < -0.4 is 5.32 Å². The number of hydrogen-bond acceptors (Lipinski definition) is 4. The number of rotatable bonds is 9. The topological polar surface area (TPSA) is 106 Å². The summed E-state index contributed by atoms with van der Waals surface area (Å²) in [7, 11) is 0. The highest BCUT2D eigenvalue weighted by atomic mass is 35.5. The zero-order valence-corrected chi connectivity index (χ0v) is 21.7. The number of H-pyrrole nitrogens is 1. The van der Waals surface area contributed by atoms with Crippen LogP contribution >= 0.6 is 11.6 Å². The Morgan fingerprint density at radius 3 is 2.30 bits per heavy atom. The van der Waals surface area contributed by atoms with Crippen LogP contribution in [0.5, 0.6) is 0 Å². The minimum Gasteiger partial charge on any atom is -0.477 e. The molecule has 0 fully saturated rings. The van der Waals surface area contributed by atoms with E-state index in [9.17, 15) is 19.8 Å². The van der Waals surface area contributed by atoms with E-state index in [-0.39, 0.29) is 12.2 Å². The van der Waals surface area contributed by atoms with Gasteiger partial charge in [-0.25, -0.2) is 4.79 Å². The third kappa shape index (κ3) is 6.02. The normalized spacial score (nSPS) is 13.3. The number of carbonyl (C=O) groups is 2. The molecule has 7 nitrogen and oxygen atoms in total. The number of halogens is 1. The number of aromatic amines is 1. The van der Waals surface area contributed by atoms with Crippen LogP contribution in [0.25, 0.3) is 22.0 Å². The lowest BCUT2D eigenvalue weighted by Crippen LogP contribution is -2.50. The van der Waals surface area contributed by atoms with Crippen molar-refractivity contribution >= 4 is 34.9 Å². The van der Waals surface area contributed by atoms with Gasteiger partial charge in [-0.2, -0.15) is 0 Å². The number of carboxylic acids is 1. The quantitative estimate of drug-likeness (QED) is 0.170. The van der Waals surface area contributed by atoms with Gasteiger partial charge >= 0.3 is 5.97 Å². The summed E-state index contributed by atoms with van der Waals surface area (Å²) >= 11 is 6.15. The molecule has 1 heterocycles. The number of amides is 1.